The molecule has 2 rings (SSSR count). The first-order valence-corrected chi connectivity index (χ1v) is 8.13. The van der Waals surface area contributed by atoms with Gasteiger partial charge in [-0.15, -0.1) is 0 Å². The van der Waals surface area contributed by atoms with Crippen LogP contribution in [-0.4, -0.2) is 42.8 Å². The molecule has 1 saturated heterocycles. The molecule has 1 aliphatic heterocycles. The Hall–Kier alpha value is -2.18. The highest BCUT2D eigenvalue weighted by atomic mass is 19.2. The normalized spacial score (nSPS) is 21.0. The molecule has 7 heteroatoms. The van der Waals surface area contributed by atoms with Gasteiger partial charge in [-0.3, -0.25) is 4.79 Å². The Morgan fingerprint density at radius 3 is 2.44 bits per heavy atom. The molecule has 0 N–H and O–H groups in total. The topological polar surface area (TPSA) is 55.8 Å². The number of hydrogen-bond donors (Lipinski definition) is 0. The van der Waals surface area contributed by atoms with Gasteiger partial charge < -0.3 is 14.4 Å². The number of amides is 1. The predicted octanol–water partition coefficient (Wildman–Crippen LogP) is 3.48. The van der Waals surface area contributed by atoms with Crippen molar-refractivity contribution in [2.24, 2.45) is 5.92 Å². The Bertz CT molecular complexity index is 657. The molecule has 0 saturated carbocycles. The lowest BCUT2D eigenvalue weighted by atomic mass is 9.80. The first kappa shape index (κ1) is 19.1. The van der Waals surface area contributed by atoms with Gasteiger partial charge in [-0.1, -0.05) is 6.07 Å². The average molecular weight is 355 g/mol. The summed E-state index contributed by atoms with van der Waals surface area (Å²) < 4.78 is 36.9. The molecule has 5 nitrogen and oxygen atoms in total. The summed E-state index contributed by atoms with van der Waals surface area (Å²) in [7, 11) is 1.26. The Morgan fingerprint density at radius 2 is 1.88 bits per heavy atom. The number of piperidine rings is 1. The highest BCUT2D eigenvalue weighted by Gasteiger charge is 2.39. The monoisotopic (exact) mass is 355 g/mol. The van der Waals surface area contributed by atoms with Crippen molar-refractivity contribution < 1.29 is 27.8 Å². The van der Waals surface area contributed by atoms with Gasteiger partial charge >= 0.3 is 12.1 Å². The highest BCUT2D eigenvalue weighted by molar-refractivity contribution is 5.76. The highest BCUT2D eigenvalue weighted by Crippen LogP contribution is 2.35. The lowest BCUT2D eigenvalue weighted by molar-refractivity contribution is -0.148. The number of likely N-dealkylation sites (tertiary alicyclic amines) is 1. The first-order valence-electron chi connectivity index (χ1n) is 8.13. The Morgan fingerprint density at radius 1 is 1.20 bits per heavy atom. The van der Waals surface area contributed by atoms with Crippen LogP contribution in [0.5, 0.6) is 0 Å². The van der Waals surface area contributed by atoms with Crippen molar-refractivity contribution in [1.29, 1.82) is 0 Å². The van der Waals surface area contributed by atoms with E-state index < -0.39 is 35.2 Å². The predicted molar refractivity (Wildman–Crippen MR) is 87.0 cm³/mol. The van der Waals surface area contributed by atoms with Crippen molar-refractivity contribution in [2.75, 3.05) is 20.2 Å². The van der Waals surface area contributed by atoms with Gasteiger partial charge in [0.05, 0.1) is 13.0 Å². The second kappa shape index (κ2) is 7.37. The zero-order valence-corrected chi connectivity index (χ0v) is 14.8. The number of carbonyl (C=O) groups excluding carboxylic acids is 2. The van der Waals surface area contributed by atoms with Crippen LogP contribution in [0.1, 0.15) is 38.7 Å². The molecule has 0 bridgehead atoms. The Kier molecular flexibility index (Phi) is 5.65. The molecule has 1 aromatic carbocycles. The Balaban J connectivity index is 2.22. The van der Waals surface area contributed by atoms with E-state index in [1.165, 1.54) is 18.1 Å². The maximum absolute atomic E-state index is 13.6. The van der Waals surface area contributed by atoms with Crippen molar-refractivity contribution in [3.05, 3.63) is 35.4 Å². The lowest BCUT2D eigenvalue weighted by Crippen LogP contribution is -2.47. The molecule has 1 heterocycles. The molecule has 0 aliphatic carbocycles. The molecule has 1 aliphatic rings. The largest absolute Gasteiger partial charge is 0.469 e. The van der Waals surface area contributed by atoms with Crippen molar-refractivity contribution >= 4 is 12.1 Å². The van der Waals surface area contributed by atoms with Gasteiger partial charge in [0.1, 0.15) is 5.60 Å². The number of rotatable bonds is 2. The fraction of sp³-hybridized carbons (Fsp3) is 0.556. The number of carbonyl (C=O) groups is 2. The second-order valence-corrected chi connectivity index (χ2v) is 7.12. The van der Waals surface area contributed by atoms with Crippen LogP contribution in [0.25, 0.3) is 0 Å². The minimum atomic E-state index is -0.962. The van der Waals surface area contributed by atoms with E-state index in [1.807, 2.05) is 0 Å². The van der Waals surface area contributed by atoms with Crippen LogP contribution >= 0.6 is 0 Å². The molecule has 1 amide bonds. The van der Waals surface area contributed by atoms with Crippen LogP contribution in [0, 0.1) is 17.6 Å². The van der Waals surface area contributed by atoms with Crippen LogP contribution in [0.2, 0.25) is 0 Å². The third-order valence-corrected chi connectivity index (χ3v) is 4.14. The van der Waals surface area contributed by atoms with Gasteiger partial charge in [-0.2, -0.15) is 0 Å². The van der Waals surface area contributed by atoms with E-state index in [0.29, 0.717) is 18.5 Å². The molecule has 0 radical (unpaired) electrons. The number of halogens is 2. The van der Waals surface area contributed by atoms with Gasteiger partial charge in [-0.25, -0.2) is 13.6 Å². The lowest BCUT2D eigenvalue weighted by Gasteiger charge is -2.37. The van der Waals surface area contributed by atoms with E-state index in [1.54, 1.807) is 20.8 Å². The Labute approximate surface area is 145 Å². The summed E-state index contributed by atoms with van der Waals surface area (Å²) in [6.45, 7) is 5.74. The molecular weight excluding hydrogens is 332 g/mol. The number of ether oxygens (including phenoxy) is 2. The van der Waals surface area contributed by atoms with E-state index in [-0.39, 0.29) is 12.5 Å². The summed E-state index contributed by atoms with van der Waals surface area (Å²) in [4.78, 5) is 25.9. The van der Waals surface area contributed by atoms with E-state index in [9.17, 15) is 18.4 Å². The minimum Gasteiger partial charge on any atom is -0.469 e. The van der Waals surface area contributed by atoms with Crippen LogP contribution in [0.4, 0.5) is 13.6 Å². The molecule has 1 aromatic rings. The van der Waals surface area contributed by atoms with Crippen molar-refractivity contribution in [1.82, 2.24) is 4.90 Å². The smallest absolute Gasteiger partial charge is 0.410 e. The van der Waals surface area contributed by atoms with Gasteiger partial charge in [-0.05, 0) is 44.9 Å². The van der Waals surface area contributed by atoms with Crippen molar-refractivity contribution in [3.63, 3.8) is 0 Å². The number of esters is 1. The van der Waals surface area contributed by atoms with Gasteiger partial charge in [0.25, 0.3) is 0 Å². The molecular formula is C18H23F2NO4. The summed E-state index contributed by atoms with van der Waals surface area (Å²) in [5, 5.41) is 0. The number of nitrogens with zero attached hydrogens (tertiary/aromatic N) is 1. The number of hydrogen-bond acceptors (Lipinski definition) is 4. The quantitative estimate of drug-likeness (QED) is 0.762. The van der Waals surface area contributed by atoms with E-state index >= 15 is 0 Å². The SMILES string of the molecule is COC(=O)C1CN(C(=O)OC(C)(C)C)CCC1c1ccc(F)c(F)c1. The fourth-order valence-corrected chi connectivity index (χ4v) is 2.98. The van der Waals surface area contributed by atoms with Crippen LogP contribution in [0.3, 0.4) is 0 Å². The molecule has 25 heavy (non-hydrogen) atoms. The fourth-order valence-electron chi connectivity index (χ4n) is 2.98. The third kappa shape index (κ3) is 4.67. The molecule has 2 unspecified atom stereocenters. The maximum atomic E-state index is 13.6. The van der Waals surface area contributed by atoms with Crippen LogP contribution in [-0.2, 0) is 14.3 Å². The van der Waals surface area contributed by atoms with Crippen LogP contribution in [0.15, 0.2) is 18.2 Å². The maximum Gasteiger partial charge on any atom is 0.410 e. The van der Waals surface area contributed by atoms with Crippen molar-refractivity contribution in [3.8, 4) is 0 Å². The van der Waals surface area contributed by atoms with Gasteiger partial charge in [0, 0.05) is 19.0 Å². The molecule has 138 valence electrons. The molecule has 2 atom stereocenters. The minimum absolute atomic E-state index is 0.102. The summed E-state index contributed by atoms with van der Waals surface area (Å²) >= 11 is 0. The number of methoxy groups -OCH3 is 1. The van der Waals surface area contributed by atoms with E-state index in [4.69, 9.17) is 9.47 Å². The summed E-state index contributed by atoms with van der Waals surface area (Å²) in [5.74, 6) is -3.43. The molecule has 0 spiro atoms. The zero-order chi connectivity index (χ0) is 18.8. The molecule has 1 fully saturated rings. The zero-order valence-electron chi connectivity index (χ0n) is 14.8. The summed E-state index contributed by atoms with van der Waals surface area (Å²) in [5.41, 5.74) is -0.132. The standard InChI is InChI=1S/C18H23F2NO4/c1-18(2,3)25-17(23)21-8-7-12(13(10-21)16(22)24-4)11-5-6-14(19)15(20)9-11/h5-6,9,12-13H,7-8,10H2,1-4H3. The average Bonchev–Trinajstić information content (AvgIpc) is 2.54. The van der Waals surface area contributed by atoms with Gasteiger partial charge in [0.15, 0.2) is 11.6 Å². The summed E-state index contributed by atoms with van der Waals surface area (Å²) in [6, 6.07) is 3.60. The van der Waals surface area contributed by atoms with E-state index in [2.05, 4.69) is 0 Å². The third-order valence-electron chi connectivity index (χ3n) is 4.14. The van der Waals surface area contributed by atoms with Crippen molar-refractivity contribution in [2.45, 2.75) is 38.7 Å². The number of benzene rings is 1. The van der Waals surface area contributed by atoms with Crippen LogP contribution < -0.4 is 0 Å². The first-order chi connectivity index (χ1) is 11.6. The summed E-state index contributed by atoms with van der Waals surface area (Å²) in [6.07, 6.45) is -0.0884. The van der Waals surface area contributed by atoms with Gasteiger partial charge in [0.2, 0.25) is 0 Å². The van der Waals surface area contributed by atoms with E-state index in [0.717, 1.165) is 12.1 Å². The molecule has 0 aromatic heterocycles. The second-order valence-electron chi connectivity index (χ2n) is 7.12.